The second kappa shape index (κ2) is 6.35. The molecule has 0 atom stereocenters. The minimum Gasteiger partial charge on any atom is -0.358 e. The molecule has 0 fully saturated rings. The largest absolute Gasteiger partial charge is 0.358 e. The maximum atomic E-state index is 4.53. The molecule has 0 aromatic carbocycles. The molecule has 1 N–H and O–H groups in total. The number of aromatic nitrogens is 2. The Kier molecular flexibility index (Phi) is 5.04. The van der Waals surface area contributed by atoms with Crippen molar-refractivity contribution in [2.45, 2.75) is 26.8 Å². The molecule has 0 amide bonds. The molecule has 1 heterocycles. The van der Waals surface area contributed by atoms with Gasteiger partial charge >= 0.3 is 0 Å². The van der Waals surface area contributed by atoms with E-state index in [9.17, 15) is 0 Å². The van der Waals surface area contributed by atoms with Crippen LogP contribution in [0.2, 0.25) is 0 Å². The fourth-order valence-electron chi connectivity index (χ4n) is 1.37. The Morgan fingerprint density at radius 3 is 2.80 bits per heavy atom. The molecule has 0 unspecified atom stereocenters. The molecule has 0 aliphatic rings. The first-order chi connectivity index (χ1) is 7.27. The Balaban J connectivity index is 2.64. The van der Waals surface area contributed by atoms with Crippen LogP contribution in [0.1, 0.15) is 26.0 Å². The topological polar surface area (TPSA) is 41.1 Å². The molecule has 4 nitrogen and oxygen atoms in total. The second-order valence-corrected chi connectivity index (χ2v) is 3.57. The maximum Gasteiger partial charge on any atom is 0.147 e. The third kappa shape index (κ3) is 3.83. The van der Waals surface area contributed by atoms with Crippen molar-refractivity contribution in [1.29, 1.82) is 0 Å². The zero-order chi connectivity index (χ0) is 11.1. The molecule has 0 aliphatic carbocycles. The molecule has 0 bridgehead atoms. The van der Waals surface area contributed by atoms with Gasteiger partial charge in [-0.3, -0.25) is 4.98 Å². The number of rotatable bonds is 6. The van der Waals surface area contributed by atoms with Gasteiger partial charge < -0.3 is 10.2 Å². The number of nitrogens with zero attached hydrogens (tertiary/aromatic N) is 3. The van der Waals surface area contributed by atoms with Gasteiger partial charge in [0.05, 0.1) is 11.9 Å². The molecule has 1 aromatic rings. The molecule has 4 heteroatoms. The number of nitrogens with one attached hydrogen (secondary N) is 1. The highest BCUT2D eigenvalue weighted by atomic mass is 15.2. The standard InChI is InChI=1S/C11H20N4/c1-4-6-15(3)11-9-13-8-10(14-11)7-12-5-2/h8-9,12H,4-7H2,1-3H3. The first-order valence-corrected chi connectivity index (χ1v) is 5.50. The van der Waals surface area contributed by atoms with Crippen molar-refractivity contribution >= 4 is 5.82 Å². The van der Waals surface area contributed by atoms with Crippen molar-refractivity contribution in [1.82, 2.24) is 15.3 Å². The summed E-state index contributed by atoms with van der Waals surface area (Å²) in [5.74, 6) is 0.951. The average Bonchev–Trinajstić information content (AvgIpc) is 2.27. The highest BCUT2D eigenvalue weighted by Gasteiger charge is 2.02. The van der Waals surface area contributed by atoms with Crippen LogP contribution in [0.25, 0.3) is 0 Å². The molecule has 0 saturated carbocycles. The summed E-state index contributed by atoms with van der Waals surface area (Å²) in [6.45, 7) is 7.00. The van der Waals surface area contributed by atoms with E-state index in [1.54, 1.807) is 0 Å². The molecule has 1 rings (SSSR count). The zero-order valence-corrected chi connectivity index (χ0v) is 9.82. The van der Waals surface area contributed by atoms with Gasteiger partial charge in [0.2, 0.25) is 0 Å². The van der Waals surface area contributed by atoms with Gasteiger partial charge in [-0.05, 0) is 13.0 Å². The van der Waals surface area contributed by atoms with E-state index in [1.807, 2.05) is 19.4 Å². The van der Waals surface area contributed by atoms with Crippen LogP contribution < -0.4 is 10.2 Å². The van der Waals surface area contributed by atoms with Gasteiger partial charge in [0.15, 0.2) is 0 Å². The van der Waals surface area contributed by atoms with Gasteiger partial charge in [0.25, 0.3) is 0 Å². The van der Waals surface area contributed by atoms with E-state index in [1.165, 1.54) is 0 Å². The fraction of sp³-hybridized carbons (Fsp3) is 0.636. The van der Waals surface area contributed by atoms with Crippen LogP contribution >= 0.6 is 0 Å². The molecule has 0 aliphatic heterocycles. The minimum absolute atomic E-state index is 0.789. The van der Waals surface area contributed by atoms with Crippen LogP contribution in [-0.2, 0) is 6.54 Å². The third-order valence-electron chi connectivity index (χ3n) is 2.18. The Hall–Kier alpha value is -1.16. The van der Waals surface area contributed by atoms with Gasteiger partial charge in [-0.2, -0.15) is 0 Å². The van der Waals surface area contributed by atoms with E-state index in [2.05, 4.69) is 34.0 Å². The lowest BCUT2D eigenvalue weighted by molar-refractivity contribution is 0.704. The number of hydrogen-bond acceptors (Lipinski definition) is 4. The second-order valence-electron chi connectivity index (χ2n) is 3.57. The van der Waals surface area contributed by atoms with Crippen LogP contribution in [0.4, 0.5) is 5.82 Å². The predicted molar refractivity (Wildman–Crippen MR) is 63.0 cm³/mol. The summed E-state index contributed by atoms with van der Waals surface area (Å²) in [6, 6.07) is 0. The zero-order valence-electron chi connectivity index (χ0n) is 9.82. The summed E-state index contributed by atoms with van der Waals surface area (Å²) < 4.78 is 0. The Bertz CT molecular complexity index is 288. The fourth-order valence-corrected chi connectivity index (χ4v) is 1.37. The van der Waals surface area contributed by atoms with E-state index in [4.69, 9.17) is 0 Å². The lowest BCUT2D eigenvalue weighted by atomic mass is 10.4. The van der Waals surface area contributed by atoms with Crippen LogP contribution in [-0.4, -0.2) is 30.1 Å². The molecular weight excluding hydrogens is 188 g/mol. The van der Waals surface area contributed by atoms with Gasteiger partial charge in [-0.25, -0.2) is 4.98 Å². The monoisotopic (exact) mass is 208 g/mol. The Morgan fingerprint density at radius 1 is 1.33 bits per heavy atom. The van der Waals surface area contributed by atoms with E-state index in [-0.39, 0.29) is 0 Å². The quantitative estimate of drug-likeness (QED) is 0.768. The lowest BCUT2D eigenvalue weighted by Gasteiger charge is -2.17. The summed E-state index contributed by atoms with van der Waals surface area (Å²) in [6.07, 6.45) is 4.74. The van der Waals surface area contributed by atoms with Crippen molar-refractivity contribution < 1.29 is 0 Å². The molecule has 0 radical (unpaired) electrons. The molecular formula is C11H20N4. The van der Waals surface area contributed by atoms with Gasteiger partial charge in [-0.15, -0.1) is 0 Å². The van der Waals surface area contributed by atoms with Crippen molar-refractivity contribution in [2.75, 3.05) is 25.0 Å². The van der Waals surface area contributed by atoms with Gasteiger partial charge in [0.1, 0.15) is 5.82 Å². The summed E-state index contributed by atoms with van der Waals surface area (Å²) in [5, 5.41) is 3.24. The van der Waals surface area contributed by atoms with Gasteiger partial charge in [-0.1, -0.05) is 13.8 Å². The highest BCUT2D eigenvalue weighted by Crippen LogP contribution is 2.07. The Morgan fingerprint density at radius 2 is 2.13 bits per heavy atom. The lowest BCUT2D eigenvalue weighted by Crippen LogP contribution is -2.21. The van der Waals surface area contributed by atoms with Crippen LogP contribution in [0.5, 0.6) is 0 Å². The van der Waals surface area contributed by atoms with E-state index < -0.39 is 0 Å². The third-order valence-corrected chi connectivity index (χ3v) is 2.18. The highest BCUT2D eigenvalue weighted by molar-refractivity contribution is 5.34. The molecule has 84 valence electrons. The first kappa shape index (κ1) is 11.9. The Labute approximate surface area is 91.7 Å². The molecule has 0 spiro atoms. The smallest absolute Gasteiger partial charge is 0.147 e. The molecule has 0 saturated heterocycles. The average molecular weight is 208 g/mol. The summed E-state index contributed by atoms with van der Waals surface area (Å²) in [4.78, 5) is 10.9. The van der Waals surface area contributed by atoms with Crippen molar-refractivity contribution in [3.05, 3.63) is 18.1 Å². The predicted octanol–water partition coefficient (Wildman–Crippen LogP) is 1.43. The SMILES string of the molecule is CCCN(C)c1cncc(CNCC)n1. The van der Waals surface area contributed by atoms with Crippen LogP contribution in [0.3, 0.4) is 0 Å². The summed E-state index contributed by atoms with van der Waals surface area (Å²) in [7, 11) is 2.05. The number of anilines is 1. The van der Waals surface area contributed by atoms with Crippen LogP contribution in [0.15, 0.2) is 12.4 Å². The minimum atomic E-state index is 0.789. The van der Waals surface area contributed by atoms with Crippen LogP contribution in [0, 0.1) is 0 Å². The van der Waals surface area contributed by atoms with Crippen molar-refractivity contribution in [2.24, 2.45) is 0 Å². The summed E-state index contributed by atoms with van der Waals surface area (Å²) in [5.41, 5.74) is 0.998. The van der Waals surface area contributed by atoms with E-state index in [0.29, 0.717) is 0 Å². The van der Waals surface area contributed by atoms with Gasteiger partial charge in [0, 0.05) is 26.3 Å². The number of hydrogen-bond donors (Lipinski definition) is 1. The first-order valence-electron chi connectivity index (χ1n) is 5.50. The maximum absolute atomic E-state index is 4.53. The van der Waals surface area contributed by atoms with E-state index in [0.717, 1.165) is 37.6 Å². The van der Waals surface area contributed by atoms with Crippen molar-refractivity contribution in [3.8, 4) is 0 Å². The normalized spacial score (nSPS) is 10.3. The van der Waals surface area contributed by atoms with Crippen molar-refractivity contribution in [3.63, 3.8) is 0 Å². The summed E-state index contributed by atoms with van der Waals surface area (Å²) >= 11 is 0. The molecule has 15 heavy (non-hydrogen) atoms. The van der Waals surface area contributed by atoms with E-state index >= 15 is 0 Å². The molecule has 1 aromatic heterocycles.